The Labute approximate surface area is 275 Å². The highest BCUT2D eigenvalue weighted by Gasteiger charge is 2.49. The van der Waals surface area contributed by atoms with E-state index in [0.29, 0.717) is 13.0 Å². The van der Waals surface area contributed by atoms with Gasteiger partial charge in [0, 0.05) is 55.2 Å². The largest absolute Gasteiger partial charge is 0.461 e. The number of thiazole rings is 1. The fourth-order valence-corrected chi connectivity index (χ4v) is 8.17. The van der Waals surface area contributed by atoms with Gasteiger partial charge in [-0.15, -0.1) is 0 Å². The number of carbonyl (C=O) groups is 1. The maximum atomic E-state index is 16.9. The van der Waals surface area contributed by atoms with Crippen LogP contribution in [0.4, 0.5) is 37.3 Å². The minimum Gasteiger partial charge on any atom is -0.461 e. The molecule has 3 aliphatic heterocycles. The lowest BCUT2D eigenvalue weighted by molar-refractivity contribution is -0.137. The number of amides is 1. The lowest BCUT2D eigenvalue weighted by Crippen LogP contribution is -2.53. The third-order valence-electron chi connectivity index (χ3n) is 9.59. The standard InChI is InChI=1S/C32H31F6N7O2S/c1-3-22(46)43-9-10-45(16(2)13-43)28-19-11-20(32(36,37)38)23(18-5-6-21(34)27-26(18)40-29(39)48-27)24(35)25(19)41-30(42-28)47-15-31-7-4-8-44(31)14-17(33)12-31/h3,5-6,11,16-17H,1,4,7-10,12-15H2,2H3,(H2,39,40)/t16-,17+,31+/m1/s1. The molecule has 0 radical (unpaired) electrons. The van der Waals surface area contributed by atoms with E-state index in [1.54, 1.807) is 16.7 Å². The summed E-state index contributed by atoms with van der Waals surface area (Å²) in [6.45, 7) is 6.83. The summed E-state index contributed by atoms with van der Waals surface area (Å²) in [4.78, 5) is 30.5. The Balaban J connectivity index is 1.42. The van der Waals surface area contributed by atoms with E-state index in [0.717, 1.165) is 36.0 Å². The van der Waals surface area contributed by atoms with Gasteiger partial charge in [0.05, 0.1) is 21.3 Å². The molecule has 3 aliphatic rings. The summed E-state index contributed by atoms with van der Waals surface area (Å²) in [5, 5.41) is -0.329. The summed E-state index contributed by atoms with van der Waals surface area (Å²) in [5.74, 6) is -2.40. The maximum absolute atomic E-state index is 16.9. The van der Waals surface area contributed by atoms with Crippen LogP contribution < -0.4 is 15.4 Å². The molecule has 4 aromatic rings. The highest BCUT2D eigenvalue weighted by Crippen LogP contribution is 2.46. The highest BCUT2D eigenvalue weighted by atomic mass is 32.1. The molecule has 7 rings (SSSR count). The molecule has 48 heavy (non-hydrogen) atoms. The number of hydrogen-bond donors (Lipinski definition) is 1. The van der Waals surface area contributed by atoms with Gasteiger partial charge in [0.1, 0.15) is 29.9 Å². The van der Waals surface area contributed by atoms with Crippen molar-refractivity contribution in [2.24, 2.45) is 0 Å². The number of piperazine rings is 1. The Hall–Kier alpha value is -4.18. The molecule has 0 saturated carbocycles. The van der Waals surface area contributed by atoms with E-state index >= 15 is 4.39 Å². The fraction of sp³-hybridized carbons (Fsp3) is 0.438. The third kappa shape index (κ3) is 5.38. The van der Waals surface area contributed by atoms with Crippen LogP contribution in [0.25, 0.3) is 32.2 Å². The molecule has 1 amide bonds. The van der Waals surface area contributed by atoms with Gasteiger partial charge in [-0.3, -0.25) is 9.69 Å². The Bertz CT molecular complexity index is 1950. The second kappa shape index (κ2) is 11.8. The minimum absolute atomic E-state index is 0.00132. The Kier molecular flexibility index (Phi) is 7.93. The van der Waals surface area contributed by atoms with Crippen LogP contribution in [0.1, 0.15) is 31.7 Å². The lowest BCUT2D eigenvalue weighted by Gasteiger charge is -2.40. The zero-order chi connectivity index (χ0) is 34.1. The van der Waals surface area contributed by atoms with Crippen molar-refractivity contribution in [2.75, 3.05) is 50.0 Å². The van der Waals surface area contributed by atoms with Crippen molar-refractivity contribution in [2.45, 2.75) is 50.1 Å². The van der Waals surface area contributed by atoms with Crippen molar-refractivity contribution in [1.82, 2.24) is 24.8 Å². The van der Waals surface area contributed by atoms with Crippen LogP contribution in [0.15, 0.2) is 30.9 Å². The number of nitrogen functional groups attached to an aromatic ring is 1. The molecular weight excluding hydrogens is 660 g/mol. The van der Waals surface area contributed by atoms with Gasteiger partial charge in [0.15, 0.2) is 10.9 Å². The first kappa shape index (κ1) is 32.4. The van der Waals surface area contributed by atoms with Crippen LogP contribution in [0.2, 0.25) is 0 Å². The molecule has 254 valence electrons. The molecule has 0 unspecified atom stereocenters. The molecule has 0 bridgehead atoms. The first-order valence-corrected chi connectivity index (χ1v) is 16.3. The smallest absolute Gasteiger partial charge is 0.417 e. The second-order valence-electron chi connectivity index (χ2n) is 12.6. The van der Waals surface area contributed by atoms with Gasteiger partial charge in [-0.05, 0) is 50.6 Å². The quantitative estimate of drug-likeness (QED) is 0.195. The zero-order valence-electron chi connectivity index (χ0n) is 25.8. The Morgan fingerprint density at radius 3 is 2.69 bits per heavy atom. The average molecular weight is 692 g/mol. The monoisotopic (exact) mass is 691 g/mol. The summed E-state index contributed by atoms with van der Waals surface area (Å²) in [6, 6.07) is 2.02. The van der Waals surface area contributed by atoms with Crippen molar-refractivity contribution in [1.29, 1.82) is 0 Å². The van der Waals surface area contributed by atoms with Crippen LogP contribution in [0, 0.1) is 11.6 Å². The summed E-state index contributed by atoms with van der Waals surface area (Å²) < 4.78 is 96.5. The van der Waals surface area contributed by atoms with E-state index in [9.17, 15) is 26.7 Å². The first-order chi connectivity index (χ1) is 22.8. The number of alkyl halides is 4. The van der Waals surface area contributed by atoms with Crippen molar-refractivity contribution in [3.05, 3.63) is 48.1 Å². The third-order valence-corrected chi connectivity index (χ3v) is 10.5. The Morgan fingerprint density at radius 1 is 1.17 bits per heavy atom. The van der Waals surface area contributed by atoms with Gasteiger partial charge in [0.2, 0.25) is 5.91 Å². The Morgan fingerprint density at radius 2 is 1.96 bits per heavy atom. The lowest BCUT2D eigenvalue weighted by atomic mass is 9.94. The van der Waals surface area contributed by atoms with Crippen LogP contribution in [-0.2, 0) is 11.0 Å². The highest BCUT2D eigenvalue weighted by molar-refractivity contribution is 7.22. The number of halogens is 6. The molecule has 16 heteroatoms. The zero-order valence-corrected chi connectivity index (χ0v) is 26.6. The number of aromatic nitrogens is 3. The predicted molar refractivity (Wildman–Crippen MR) is 170 cm³/mol. The topological polar surface area (TPSA) is 101 Å². The molecule has 0 aliphatic carbocycles. The van der Waals surface area contributed by atoms with Crippen LogP contribution in [0.5, 0.6) is 6.01 Å². The summed E-state index contributed by atoms with van der Waals surface area (Å²) in [5.41, 5.74) is 2.01. The van der Waals surface area contributed by atoms with Crippen LogP contribution in [0.3, 0.4) is 0 Å². The number of hydrogen-bond acceptors (Lipinski definition) is 9. The van der Waals surface area contributed by atoms with E-state index in [4.69, 9.17) is 10.5 Å². The summed E-state index contributed by atoms with van der Waals surface area (Å²) in [7, 11) is 0. The summed E-state index contributed by atoms with van der Waals surface area (Å²) in [6.07, 6.45) is -3.15. The number of carbonyl (C=O) groups excluding carboxylic acids is 1. The van der Waals surface area contributed by atoms with E-state index in [1.807, 2.05) is 4.90 Å². The van der Waals surface area contributed by atoms with Crippen molar-refractivity contribution >= 4 is 49.3 Å². The van der Waals surface area contributed by atoms with E-state index in [1.165, 1.54) is 6.08 Å². The first-order valence-electron chi connectivity index (χ1n) is 15.5. The van der Waals surface area contributed by atoms with Crippen molar-refractivity contribution < 1.29 is 35.9 Å². The van der Waals surface area contributed by atoms with Gasteiger partial charge >= 0.3 is 12.2 Å². The SMILES string of the molecule is C=CC(=O)N1CCN(c2nc(OC[C@@]34CCCN3C[C@@H](F)C4)nc3c(F)c(-c4ccc(F)c5sc(N)nc45)c(C(F)(F)F)cc23)[C@H](C)C1. The predicted octanol–water partition coefficient (Wildman–Crippen LogP) is 5.96. The van der Waals surface area contributed by atoms with E-state index < -0.39 is 52.2 Å². The minimum atomic E-state index is -5.06. The molecule has 5 heterocycles. The number of benzene rings is 2. The molecule has 2 N–H and O–H groups in total. The number of fused-ring (bicyclic) bond motifs is 3. The van der Waals surface area contributed by atoms with Gasteiger partial charge in [-0.2, -0.15) is 23.1 Å². The molecule has 9 nitrogen and oxygen atoms in total. The molecule has 3 fully saturated rings. The van der Waals surface area contributed by atoms with Crippen molar-refractivity contribution in [3.8, 4) is 17.1 Å². The number of rotatable bonds is 6. The molecule has 2 aromatic carbocycles. The number of nitrogens with zero attached hydrogens (tertiary/aromatic N) is 6. The maximum Gasteiger partial charge on any atom is 0.417 e. The van der Waals surface area contributed by atoms with Gasteiger partial charge in [0.25, 0.3) is 0 Å². The van der Waals surface area contributed by atoms with Gasteiger partial charge in [-0.25, -0.2) is 18.2 Å². The van der Waals surface area contributed by atoms with E-state index in [-0.39, 0.29) is 83.2 Å². The van der Waals surface area contributed by atoms with Crippen LogP contribution in [-0.4, -0.2) is 87.7 Å². The van der Waals surface area contributed by atoms with Crippen LogP contribution >= 0.6 is 11.3 Å². The second-order valence-corrected chi connectivity index (χ2v) is 13.6. The molecule has 3 atom stereocenters. The molecule has 2 aromatic heterocycles. The number of ether oxygens (including phenoxy) is 1. The van der Waals surface area contributed by atoms with E-state index in [2.05, 4.69) is 21.5 Å². The molecular formula is C32H31F6N7O2S. The van der Waals surface area contributed by atoms with Gasteiger partial charge < -0.3 is 20.3 Å². The number of nitrogens with two attached hydrogens (primary N) is 1. The normalized spacial score (nSPS) is 23.3. The van der Waals surface area contributed by atoms with Gasteiger partial charge in [-0.1, -0.05) is 17.9 Å². The summed E-state index contributed by atoms with van der Waals surface area (Å²) >= 11 is 0.735. The average Bonchev–Trinajstić information content (AvgIpc) is 3.71. The molecule has 0 spiro atoms. The van der Waals surface area contributed by atoms with Crippen molar-refractivity contribution in [3.63, 3.8) is 0 Å². The number of anilines is 2. The fourth-order valence-electron chi connectivity index (χ4n) is 7.40. The molecule has 3 saturated heterocycles.